The molecule has 7 heteroatoms. The van der Waals surface area contributed by atoms with Crippen LogP contribution in [0.3, 0.4) is 0 Å². The molecule has 0 aromatic carbocycles. The van der Waals surface area contributed by atoms with Crippen LogP contribution in [0.1, 0.15) is 12.8 Å². The van der Waals surface area contributed by atoms with Crippen molar-refractivity contribution in [2.75, 3.05) is 13.1 Å². The summed E-state index contributed by atoms with van der Waals surface area (Å²) in [4.78, 5) is 26.0. The molecule has 1 amide bonds. The van der Waals surface area contributed by atoms with Gasteiger partial charge in [-0.15, -0.1) is 5.10 Å². The number of rotatable bonds is 2. The van der Waals surface area contributed by atoms with Crippen LogP contribution in [0.2, 0.25) is 0 Å². The number of pyridine rings is 1. The molecule has 0 unspecified atom stereocenters. The van der Waals surface area contributed by atoms with Crippen LogP contribution in [0.15, 0.2) is 29.2 Å². The second kappa shape index (κ2) is 5.40. The zero-order valence-electron chi connectivity index (χ0n) is 11.5. The van der Waals surface area contributed by atoms with Gasteiger partial charge in [-0.1, -0.05) is 6.07 Å². The number of carbonyl (C=O) groups excluding carboxylic acids is 1. The highest BCUT2D eigenvalue weighted by Gasteiger charge is 2.23. The van der Waals surface area contributed by atoms with Crippen LogP contribution in [-0.2, 0) is 11.3 Å². The van der Waals surface area contributed by atoms with Crippen molar-refractivity contribution >= 4 is 11.6 Å². The maximum absolute atomic E-state index is 12.2. The van der Waals surface area contributed by atoms with Gasteiger partial charge in [0.1, 0.15) is 6.54 Å². The molecular weight excluding hydrogens is 270 g/mol. The summed E-state index contributed by atoms with van der Waals surface area (Å²) in [6, 6.07) is 7.49. The summed E-state index contributed by atoms with van der Waals surface area (Å²) in [5.74, 6) is -0.0936. The van der Waals surface area contributed by atoms with Crippen molar-refractivity contribution in [3.8, 4) is 6.07 Å². The first-order valence-corrected chi connectivity index (χ1v) is 6.90. The molecule has 0 saturated carbocycles. The van der Waals surface area contributed by atoms with Gasteiger partial charge in [0, 0.05) is 25.2 Å². The average Bonchev–Trinajstić information content (AvgIpc) is 2.84. The highest BCUT2D eigenvalue weighted by atomic mass is 16.2. The fourth-order valence-corrected chi connectivity index (χ4v) is 2.56. The van der Waals surface area contributed by atoms with Gasteiger partial charge in [-0.2, -0.15) is 5.26 Å². The van der Waals surface area contributed by atoms with E-state index in [-0.39, 0.29) is 24.1 Å². The summed E-state index contributed by atoms with van der Waals surface area (Å²) in [5.41, 5.74) is 0.212. The van der Waals surface area contributed by atoms with Gasteiger partial charge >= 0.3 is 5.69 Å². The third kappa shape index (κ3) is 2.52. The number of nitriles is 1. The van der Waals surface area contributed by atoms with Gasteiger partial charge < -0.3 is 4.90 Å². The van der Waals surface area contributed by atoms with Crippen molar-refractivity contribution in [1.82, 2.24) is 19.1 Å². The van der Waals surface area contributed by atoms with Crippen molar-refractivity contribution in [3.63, 3.8) is 0 Å². The topological polar surface area (TPSA) is 83.4 Å². The number of hydrogen-bond acceptors (Lipinski definition) is 4. The quantitative estimate of drug-likeness (QED) is 0.792. The lowest BCUT2D eigenvalue weighted by molar-refractivity contribution is -0.133. The summed E-state index contributed by atoms with van der Waals surface area (Å²) in [5, 5.41) is 13.0. The molecule has 1 aliphatic heterocycles. The van der Waals surface area contributed by atoms with Crippen molar-refractivity contribution in [1.29, 1.82) is 5.26 Å². The molecule has 2 aromatic rings. The smallest absolute Gasteiger partial charge is 0.341 e. The Hall–Kier alpha value is -2.62. The van der Waals surface area contributed by atoms with E-state index >= 15 is 0 Å². The number of hydrogen-bond donors (Lipinski definition) is 0. The standard InChI is InChI=1S/C14H15N5O2/c15-9-11-4-7-17(8-5-11)13(20)10-19-14(21)18-6-2-1-3-12(18)16-19/h1-3,6,11H,4-5,7-8,10H2. The predicted octanol–water partition coefficient (Wildman–Crippen LogP) is 0.258. The van der Waals surface area contributed by atoms with Gasteiger partial charge in [-0.25, -0.2) is 9.48 Å². The van der Waals surface area contributed by atoms with Gasteiger partial charge in [-0.05, 0) is 25.0 Å². The van der Waals surface area contributed by atoms with Crippen LogP contribution < -0.4 is 5.69 Å². The molecule has 21 heavy (non-hydrogen) atoms. The van der Waals surface area contributed by atoms with E-state index in [1.807, 2.05) is 0 Å². The van der Waals surface area contributed by atoms with Gasteiger partial charge in [0.05, 0.1) is 6.07 Å². The Balaban J connectivity index is 1.74. The van der Waals surface area contributed by atoms with Crippen LogP contribution in [0, 0.1) is 17.2 Å². The minimum atomic E-state index is -0.314. The van der Waals surface area contributed by atoms with E-state index in [0.29, 0.717) is 31.6 Å². The maximum atomic E-state index is 12.2. The number of nitrogens with zero attached hydrogens (tertiary/aromatic N) is 5. The van der Waals surface area contributed by atoms with E-state index in [9.17, 15) is 9.59 Å². The summed E-state index contributed by atoms with van der Waals surface area (Å²) in [6.07, 6.45) is 3.02. The first-order valence-electron chi connectivity index (χ1n) is 6.90. The molecular formula is C14H15N5O2. The molecule has 0 bridgehead atoms. The lowest BCUT2D eigenvalue weighted by atomic mass is 9.99. The molecule has 3 heterocycles. The zero-order chi connectivity index (χ0) is 14.8. The molecule has 0 aliphatic carbocycles. The molecule has 7 nitrogen and oxygen atoms in total. The molecule has 0 radical (unpaired) electrons. The van der Waals surface area contributed by atoms with E-state index < -0.39 is 0 Å². The number of aromatic nitrogens is 3. The van der Waals surface area contributed by atoms with Crippen molar-refractivity contribution in [2.24, 2.45) is 5.92 Å². The molecule has 3 rings (SSSR count). The van der Waals surface area contributed by atoms with Gasteiger partial charge in [0.15, 0.2) is 5.65 Å². The highest BCUT2D eigenvalue weighted by Crippen LogP contribution is 2.16. The molecule has 1 fully saturated rings. The minimum absolute atomic E-state index is 0.0342. The predicted molar refractivity (Wildman–Crippen MR) is 74.4 cm³/mol. The molecule has 1 saturated heterocycles. The summed E-state index contributed by atoms with van der Waals surface area (Å²) in [7, 11) is 0. The van der Waals surface area contributed by atoms with Crippen molar-refractivity contribution < 1.29 is 4.79 Å². The minimum Gasteiger partial charge on any atom is -0.341 e. The number of likely N-dealkylation sites (tertiary alicyclic amines) is 1. The van der Waals surface area contributed by atoms with Crippen molar-refractivity contribution in [3.05, 3.63) is 34.9 Å². The average molecular weight is 285 g/mol. The summed E-state index contributed by atoms with van der Waals surface area (Å²) >= 11 is 0. The zero-order valence-corrected chi connectivity index (χ0v) is 11.5. The lowest BCUT2D eigenvalue weighted by Crippen LogP contribution is -2.41. The van der Waals surface area contributed by atoms with Crippen LogP contribution >= 0.6 is 0 Å². The van der Waals surface area contributed by atoms with Crippen LogP contribution in [0.5, 0.6) is 0 Å². The second-order valence-electron chi connectivity index (χ2n) is 5.15. The van der Waals surface area contributed by atoms with Crippen LogP contribution in [0.25, 0.3) is 5.65 Å². The third-order valence-corrected chi connectivity index (χ3v) is 3.80. The molecule has 0 atom stereocenters. The third-order valence-electron chi connectivity index (χ3n) is 3.80. The van der Waals surface area contributed by atoms with Gasteiger partial charge in [0.2, 0.25) is 5.91 Å². The normalized spacial score (nSPS) is 16.0. The Bertz CT molecular complexity index is 761. The number of piperidine rings is 1. The Morgan fingerprint density at radius 2 is 2.14 bits per heavy atom. The van der Waals surface area contributed by atoms with E-state index in [0.717, 1.165) is 0 Å². The number of carbonyl (C=O) groups is 1. The SMILES string of the molecule is N#CC1CCN(C(=O)Cn2nc3ccccn3c2=O)CC1. The highest BCUT2D eigenvalue weighted by molar-refractivity contribution is 5.76. The van der Waals surface area contributed by atoms with E-state index in [1.165, 1.54) is 9.08 Å². The van der Waals surface area contributed by atoms with Crippen LogP contribution in [-0.4, -0.2) is 38.1 Å². The number of amides is 1. The van der Waals surface area contributed by atoms with E-state index in [2.05, 4.69) is 11.2 Å². The van der Waals surface area contributed by atoms with Gasteiger partial charge in [0.25, 0.3) is 0 Å². The molecule has 2 aromatic heterocycles. The first-order chi connectivity index (χ1) is 10.2. The summed E-state index contributed by atoms with van der Waals surface area (Å²) < 4.78 is 2.60. The lowest BCUT2D eigenvalue weighted by Gasteiger charge is -2.28. The van der Waals surface area contributed by atoms with E-state index in [4.69, 9.17) is 5.26 Å². The van der Waals surface area contributed by atoms with Gasteiger partial charge in [-0.3, -0.25) is 9.20 Å². The fraction of sp³-hybridized carbons (Fsp3) is 0.429. The van der Waals surface area contributed by atoms with Crippen molar-refractivity contribution in [2.45, 2.75) is 19.4 Å². The van der Waals surface area contributed by atoms with Crippen LogP contribution in [0.4, 0.5) is 0 Å². The second-order valence-corrected chi connectivity index (χ2v) is 5.15. The largest absolute Gasteiger partial charge is 0.350 e. The Morgan fingerprint density at radius 1 is 1.38 bits per heavy atom. The molecule has 0 spiro atoms. The molecule has 108 valence electrons. The first kappa shape index (κ1) is 13.4. The monoisotopic (exact) mass is 285 g/mol. The number of fused-ring (bicyclic) bond motifs is 1. The Labute approximate surface area is 121 Å². The maximum Gasteiger partial charge on any atom is 0.350 e. The van der Waals surface area contributed by atoms with E-state index in [1.54, 1.807) is 29.3 Å². The Morgan fingerprint density at radius 3 is 2.81 bits per heavy atom. The Kier molecular flexibility index (Phi) is 3.44. The molecule has 0 N–H and O–H groups in total. The molecule has 1 aliphatic rings. The summed E-state index contributed by atoms with van der Waals surface area (Å²) in [6.45, 7) is 1.08. The fourth-order valence-electron chi connectivity index (χ4n) is 2.56.